The van der Waals surface area contributed by atoms with Crippen molar-refractivity contribution in [2.45, 2.75) is 25.7 Å². The molecule has 0 amide bonds. The number of anilines is 1. The first-order chi connectivity index (χ1) is 13.5. The Labute approximate surface area is 164 Å². The third kappa shape index (κ3) is 3.01. The Hall–Kier alpha value is -2.95. The predicted octanol–water partition coefficient (Wildman–Crippen LogP) is 4.71. The van der Waals surface area contributed by atoms with E-state index in [1.165, 1.54) is 0 Å². The molecule has 4 nitrogen and oxygen atoms in total. The number of nitrogens with two attached hydrogens (primary N) is 1. The van der Waals surface area contributed by atoms with E-state index in [0.717, 1.165) is 22.3 Å². The molecular formula is C24H23NO3. The molecule has 0 aromatic heterocycles. The Morgan fingerprint density at radius 1 is 0.964 bits per heavy atom. The lowest BCUT2D eigenvalue weighted by Gasteiger charge is -2.27. The highest BCUT2D eigenvalue weighted by molar-refractivity contribution is 6.03. The molecule has 3 aromatic carbocycles. The van der Waals surface area contributed by atoms with E-state index in [-0.39, 0.29) is 12.4 Å². The molecule has 1 fully saturated rings. The van der Waals surface area contributed by atoms with Gasteiger partial charge in [-0.2, -0.15) is 0 Å². The molecule has 1 heterocycles. The first kappa shape index (κ1) is 18.4. The second kappa shape index (κ2) is 7.23. The standard InChI is InChI=1S/C24H23NO3/c1-16-13-14-20(21(25)17(16)2)23-27-15-24(28-23,19-11-7-4-8-12-19)22(26)18-9-5-3-6-10-18/h3-14,23H,15,25H2,1-2H3. The number of carbonyl (C=O) groups excluding carboxylic acids is 1. The summed E-state index contributed by atoms with van der Waals surface area (Å²) in [4.78, 5) is 13.5. The van der Waals surface area contributed by atoms with Crippen LogP contribution in [0.1, 0.15) is 38.9 Å². The molecule has 4 heteroatoms. The van der Waals surface area contributed by atoms with Crippen molar-refractivity contribution in [3.63, 3.8) is 0 Å². The Morgan fingerprint density at radius 2 is 1.61 bits per heavy atom. The molecule has 4 rings (SSSR count). The van der Waals surface area contributed by atoms with E-state index >= 15 is 0 Å². The fraction of sp³-hybridized carbons (Fsp3) is 0.208. The molecule has 1 aliphatic heterocycles. The van der Waals surface area contributed by atoms with Crippen LogP contribution in [0.3, 0.4) is 0 Å². The smallest absolute Gasteiger partial charge is 0.201 e. The van der Waals surface area contributed by atoms with Crippen LogP contribution in [-0.4, -0.2) is 12.4 Å². The summed E-state index contributed by atoms with van der Waals surface area (Å²) in [6, 6.07) is 22.6. The summed E-state index contributed by atoms with van der Waals surface area (Å²) >= 11 is 0. The van der Waals surface area contributed by atoms with E-state index in [0.29, 0.717) is 11.3 Å². The van der Waals surface area contributed by atoms with Gasteiger partial charge in [-0.25, -0.2) is 0 Å². The van der Waals surface area contributed by atoms with Crippen LogP contribution in [-0.2, 0) is 15.1 Å². The molecule has 0 radical (unpaired) electrons. The van der Waals surface area contributed by atoms with Crippen molar-refractivity contribution in [2.75, 3.05) is 12.3 Å². The minimum Gasteiger partial charge on any atom is -0.398 e. The minimum atomic E-state index is -1.21. The van der Waals surface area contributed by atoms with Crippen molar-refractivity contribution in [3.05, 3.63) is 101 Å². The van der Waals surface area contributed by atoms with Gasteiger partial charge in [-0.3, -0.25) is 4.79 Å². The third-order valence-corrected chi connectivity index (χ3v) is 5.46. The number of ether oxygens (including phenoxy) is 2. The number of hydrogen-bond acceptors (Lipinski definition) is 4. The van der Waals surface area contributed by atoms with Crippen molar-refractivity contribution >= 4 is 11.5 Å². The van der Waals surface area contributed by atoms with Gasteiger partial charge in [0.15, 0.2) is 11.9 Å². The van der Waals surface area contributed by atoms with Crippen LogP contribution in [0.2, 0.25) is 0 Å². The van der Waals surface area contributed by atoms with E-state index in [1.807, 2.05) is 74.5 Å². The summed E-state index contributed by atoms with van der Waals surface area (Å²) in [5.41, 5.74) is 9.98. The van der Waals surface area contributed by atoms with Gasteiger partial charge in [0.25, 0.3) is 0 Å². The maximum Gasteiger partial charge on any atom is 0.201 e. The van der Waals surface area contributed by atoms with Gasteiger partial charge in [0.2, 0.25) is 5.78 Å². The molecular weight excluding hydrogens is 350 g/mol. The normalized spacial score (nSPS) is 21.6. The van der Waals surface area contributed by atoms with Gasteiger partial charge in [0.1, 0.15) is 0 Å². The first-order valence-electron chi connectivity index (χ1n) is 9.33. The average molecular weight is 373 g/mol. The number of Topliss-reactive ketones (excluding diaryl/α,β-unsaturated/α-hetero) is 1. The lowest BCUT2D eigenvalue weighted by molar-refractivity contribution is -0.0824. The quantitative estimate of drug-likeness (QED) is 0.531. The van der Waals surface area contributed by atoms with Gasteiger partial charge < -0.3 is 15.2 Å². The summed E-state index contributed by atoms with van der Waals surface area (Å²) in [6.07, 6.45) is -0.702. The van der Waals surface area contributed by atoms with Gasteiger partial charge in [0.05, 0.1) is 6.61 Å². The molecule has 0 bridgehead atoms. The highest BCUT2D eigenvalue weighted by Gasteiger charge is 2.50. The van der Waals surface area contributed by atoms with Crippen molar-refractivity contribution < 1.29 is 14.3 Å². The van der Waals surface area contributed by atoms with E-state index in [1.54, 1.807) is 12.1 Å². The maximum atomic E-state index is 13.5. The lowest BCUT2D eigenvalue weighted by Crippen LogP contribution is -2.38. The second-order valence-corrected chi connectivity index (χ2v) is 7.16. The topological polar surface area (TPSA) is 61.5 Å². The fourth-order valence-corrected chi connectivity index (χ4v) is 3.59. The fourth-order valence-electron chi connectivity index (χ4n) is 3.59. The molecule has 0 spiro atoms. The van der Waals surface area contributed by atoms with Crippen LogP contribution >= 0.6 is 0 Å². The van der Waals surface area contributed by atoms with E-state index < -0.39 is 11.9 Å². The van der Waals surface area contributed by atoms with Crippen molar-refractivity contribution in [1.82, 2.24) is 0 Å². The molecule has 0 saturated carbocycles. The maximum absolute atomic E-state index is 13.5. The van der Waals surface area contributed by atoms with Crippen LogP contribution in [0.25, 0.3) is 0 Å². The average Bonchev–Trinajstić information content (AvgIpc) is 3.19. The van der Waals surface area contributed by atoms with E-state index in [4.69, 9.17) is 15.2 Å². The number of carbonyl (C=O) groups is 1. The monoisotopic (exact) mass is 373 g/mol. The largest absolute Gasteiger partial charge is 0.398 e. The molecule has 142 valence electrons. The Morgan fingerprint density at radius 3 is 2.29 bits per heavy atom. The molecule has 3 aromatic rings. The number of rotatable bonds is 4. The summed E-state index contributed by atoms with van der Waals surface area (Å²) in [7, 11) is 0. The molecule has 2 unspecified atom stereocenters. The number of hydrogen-bond donors (Lipinski definition) is 1. The van der Waals surface area contributed by atoms with E-state index in [2.05, 4.69) is 0 Å². The van der Waals surface area contributed by atoms with Crippen molar-refractivity contribution in [1.29, 1.82) is 0 Å². The Balaban J connectivity index is 1.77. The second-order valence-electron chi connectivity index (χ2n) is 7.16. The van der Waals surface area contributed by atoms with Crippen LogP contribution in [0.4, 0.5) is 5.69 Å². The zero-order valence-corrected chi connectivity index (χ0v) is 16.0. The molecule has 2 N–H and O–H groups in total. The highest BCUT2D eigenvalue weighted by atomic mass is 16.7. The van der Waals surface area contributed by atoms with Crippen molar-refractivity contribution in [2.24, 2.45) is 0 Å². The first-order valence-corrected chi connectivity index (χ1v) is 9.33. The summed E-state index contributed by atoms with van der Waals surface area (Å²) in [6.45, 7) is 4.11. The zero-order valence-electron chi connectivity index (χ0n) is 16.0. The Kier molecular flexibility index (Phi) is 4.75. The van der Waals surface area contributed by atoms with Gasteiger partial charge in [-0.15, -0.1) is 0 Å². The van der Waals surface area contributed by atoms with Crippen LogP contribution in [0, 0.1) is 13.8 Å². The Bertz CT molecular complexity index is 1000. The van der Waals surface area contributed by atoms with Gasteiger partial charge in [-0.05, 0) is 30.5 Å². The summed E-state index contributed by atoms with van der Waals surface area (Å²) < 4.78 is 12.4. The minimum absolute atomic E-state index is 0.121. The van der Waals surface area contributed by atoms with Gasteiger partial charge in [-0.1, -0.05) is 72.8 Å². The molecule has 0 aliphatic carbocycles. The summed E-state index contributed by atoms with van der Waals surface area (Å²) in [5, 5.41) is 0. The van der Waals surface area contributed by atoms with E-state index in [9.17, 15) is 4.79 Å². The number of aryl methyl sites for hydroxylation is 1. The van der Waals surface area contributed by atoms with Gasteiger partial charge in [0, 0.05) is 16.8 Å². The van der Waals surface area contributed by atoms with Crippen LogP contribution in [0.15, 0.2) is 72.8 Å². The molecule has 28 heavy (non-hydrogen) atoms. The third-order valence-electron chi connectivity index (χ3n) is 5.46. The number of benzene rings is 3. The predicted molar refractivity (Wildman–Crippen MR) is 109 cm³/mol. The van der Waals surface area contributed by atoms with Gasteiger partial charge >= 0.3 is 0 Å². The van der Waals surface area contributed by atoms with Crippen LogP contribution < -0.4 is 5.73 Å². The lowest BCUT2D eigenvalue weighted by atomic mass is 9.86. The number of nitrogen functional groups attached to an aromatic ring is 1. The van der Waals surface area contributed by atoms with Crippen molar-refractivity contribution in [3.8, 4) is 0 Å². The highest BCUT2D eigenvalue weighted by Crippen LogP contribution is 2.44. The van der Waals surface area contributed by atoms with Crippen LogP contribution in [0.5, 0.6) is 0 Å². The summed E-state index contributed by atoms with van der Waals surface area (Å²) in [5.74, 6) is -0.121. The molecule has 2 atom stereocenters. The molecule has 1 saturated heterocycles. The molecule has 1 aliphatic rings. The zero-order chi connectivity index (χ0) is 19.7. The number of ketones is 1. The SMILES string of the molecule is Cc1ccc(C2OCC(C(=O)c3ccccc3)(c3ccccc3)O2)c(N)c1C.